The van der Waals surface area contributed by atoms with Crippen LogP contribution in [0.3, 0.4) is 0 Å². The van der Waals surface area contributed by atoms with Gasteiger partial charge in [-0.15, -0.1) is 11.3 Å². The van der Waals surface area contributed by atoms with E-state index in [0.29, 0.717) is 14.8 Å². The highest BCUT2D eigenvalue weighted by Crippen LogP contribution is 2.26. The average molecular weight is 245 g/mol. The van der Waals surface area contributed by atoms with Crippen molar-refractivity contribution < 1.29 is 0 Å². The predicted octanol–water partition coefficient (Wildman–Crippen LogP) is 2.81. The van der Waals surface area contributed by atoms with Gasteiger partial charge in [0.1, 0.15) is 0 Å². The maximum atomic E-state index is 11.1. The van der Waals surface area contributed by atoms with Crippen molar-refractivity contribution in [2.75, 3.05) is 0 Å². The molecular formula is C8H5ClN2OS2. The molecule has 0 aliphatic rings. The largest absolute Gasteiger partial charge is 0.332 e. The van der Waals surface area contributed by atoms with E-state index in [4.69, 9.17) is 23.8 Å². The van der Waals surface area contributed by atoms with Crippen LogP contribution >= 0.6 is 35.2 Å². The Bertz CT molecular complexity index is 541. The summed E-state index contributed by atoms with van der Waals surface area (Å²) in [6.07, 6.45) is 0. The summed E-state index contributed by atoms with van der Waals surface area (Å²) < 4.78 is 0.995. The molecule has 2 heterocycles. The lowest BCUT2D eigenvalue weighted by atomic mass is 10.2. The summed E-state index contributed by atoms with van der Waals surface area (Å²) in [5, 5.41) is 1.86. The zero-order valence-corrected chi connectivity index (χ0v) is 9.22. The number of thiophene rings is 1. The van der Waals surface area contributed by atoms with Crippen molar-refractivity contribution in [3.63, 3.8) is 0 Å². The van der Waals surface area contributed by atoms with Gasteiger partial charge in [0.05, 0.1) is 10.0 Å². The first-order chi connectivity index (χ1) is 6.65. The van der Waals surface area contributed by atoms with Crippen LogP contribution in [0.5, 0.6) is 0 Å². The number of aromatic amines is 2. The summed E-state index contributed by atoms with van der Waals surface area (Å²) in [6, 6.07) is 3.24. The molecular weight excluding hydrogens is 240 g/mol. The number of nitrogens with one attached hydrogen (secondary N) is 2. The van der Waals surface area contributed by atoms with Crippen molar-refractivity contribution in [2.24, 2.45) is 0 Å². The zero-order valence-electron chi connectivity index (χ0n) is 6.83. The summed E-state index contributed by atoms with van der Waals surface area (Å²) in [4.78, 5) is 16.5. The van der Waals surface area contributed by atoms with Gasteiger partial charge in [-0.1, -0.05) is 11.6 Å². The van der Waals surface area contributed by atoms with Gasteiger partial charge in [-0.25, -0.2) is 0 Å². The van der Waals surface area contributed by atoms with Crippen LogP contribution < -0.4 is 5.56 Å². The van der Waals surface area contributed by atoms with Crippen LogP contribution in [0.25, 0.3) is 11.3 Å². The van der Waals surface area contributed by atoms with Crippen LogP contribution in [0.4, 0.5) is 0 Å². The Hall–Kier alpha value is -0.910. The second-order valence-corrected chi connectivity index (χ2v) is 4.59. The molecule has 6 heteroatoms. The molecule has 0 radical (unpaired) electrons. The number of hydrogen-bond donors (Lipinski definition) is 2. The fourth-order valence-corrected chi connectivity index (χ4v) is 2.17. The molecule has 0 aliphatic heterocycles. The van der Waals surface area contributed by atoms with E-state index in [0.717, 1.165) is 5.56 Å². The summed E-state index contributed by atoms with van der Waals surface area (Å²) in [5.74, 6) is 0. The van der Waals surface area contributed by atoms with Crippen molar-refractivity contribution >= 4 is 35.2 Å². The highest BCUT2D eigenvalue weighted by Gasteiger charge is 2.01. The van der Waals surface area contributed by atoms with E-state index in [-0.39, 0.29) is 5.56 Å². The van der Waals surface area contributed by atoms with Crippen molar-refractivity contribution in [1.29, 1.82) is 0 Å². The molecule has 0 saturated heterocycles. The second-order valence-electron chi connectivity index (χ2n) is 2.64. The highest BCUT2D eigenvalue weighted by atomic mass is 35.5. The second kappa shape index (κ2) is 3.68. The lowest BCUT2D eigenvalue weighted by Gasteiger charge is -1.95. The van der Waals surface area contributed by atoms with Crippen LogP contribution in [0.2, 0.25) is 4.34 Å². The van der Waals surface area contributed by atoms with Gasteiger partial charge in [0.2, 0.25) is 0 Å². The van der Waals surface area contributed by atoms with Crippen LogP contribution in [0.1, 0.15) is 0 Å². The minimum atomic E-state index is -0.217. The van der Waals surface area contributed by atoms with Gasteiger partial charge in [0.25, 0.3) is 5.56 Å². The topological polar surface area (TPSA) is 48.6 Å². The predicted molar refractivity (Wildman–Crippen MR) is 60.6 cm³/mol. The molecule has 0 aliphatic carbocycles. The molecule has 14 heavy (non-hydrogen) atoms. The molecule has 3 nitrogen and oxygen atoms in total. The van der Waals surface area contributed by atoms with E-state index in [9.17, 15) is 4.79 Å². The number of halogens is 1. The molecule has 0 aromatic carbocycles. The summed E-state index contributed by atoms with van der Waals surface area (Å²) in [5.41, 5.74) is 1.34. The van der Waals surface area contributed by atoms with Gasteiger partial charge in [-0.3, -0.25) is 9.78 Å². The Morgan fingerprint density at radius 3 is 2.71 bits per heavy atom. The Labute approximate surface area is 93.4 Å². The standard InChI is InChI=1S/C8H5ClN2OS2/c9-6-1-4(3-14-6)5-2-7(12)11-8(13)10-5/h1-3H,(H2,10,11,12,13). The molecule has 0 bridgehead atoms. The van der Waals surface area contributed by atoms with Crippen LogP contribution in [-0.2, 0) is 0 Å². The normalized spacial score (nSPS) is 10.4. The van der Waals surface area contributed by atoms with Gasteiger partial charge in [-0.2, -0.15) is 0 Å². The molecule has 72 valence electrons. The lowest BCUT2D eigenvalue weighted by Crippen LogP contribution is -2.05. The number of hydrogen-bond acceptors (Lipinski definition) is 3. The minimum Gasteiger partial charge on any atom is -0.332 e. The van der Waals surface area contributed by atoms with E-state index in [2.05, 4.69) is 9.97 Å². The number of aromatic nitrogens is 2. The number of rotatable bonds is 1. The highest BCUT2D eigenvalue weighted by molar-refractivity contribution is 7.71. The Morgan fingerprint density at radius 2 is 2.14 bits per heavy atom. The average Bonchev–Trinajstić information content (AvgIpc) is 2.50. The van der Waals surface area contributed by atoms with Crippen molar-refractivity contribution in [2.45, 2.75) is 0 Å². The van der Waals surface area contributed by atoms with E-state index >= 15 is 0 Å². The van der Waals surface area contributed by atoms with Crippen LogP contribution in [0.15, 0.2) is 22.3 Å². The van der Waals surface area contributed by atoms with E-state index in [1.165, 1.54) is 17.4 Å². The molecule has 0 fully saturated rings. The molecule has 2 aromatic rings. The molecule has 2 aromatic heterocycles. The SMILES string of the molecule is O=c1cc(-c2csc(Cl)c2)[nH]c(=S)[nH]1. The molecule has 2 N–H and O–H groups in total. The third-order valence-electron chi connectivity index (χ3n) is 1.64. The lowest BCUT2D eigenvalue weighted by molar-refractivity contribution is 1.09. The zero-order chi connectivity index (χ0) is 10.1. The van der Waals surface area contributed by atoms with E-state index in [1.807, 2.05) is 5.38 Å². The van der Waals surface area contributed by atoms with Gasteiger partial charge in [-0.05, 0) is 18.3 Å². The molecule has 0 amide bonds. The quantitative estimate of drug-likeness (QED) is 0.758. The first kappa shape index (κ1) is 9.64. The Balaban J connectivity index is 2.62. The molecule has 2 rings (SSSR count). The maximum absolute atomic E-state index is 11.1. The minimum absolute atomic E-state index is 0.217. The smallest absolute Gasteiger partial charge is 0.252 e. The van der Waals surface area contributed by atoms with Gasteiger partial charge < -0.3 is 4.98 Å². The summed E-state index contributed by atoms with van der Waals surface area (Å²) in [7, 11) is 0. The molecule has 0 unspecified atom stereocenters. The van der Waals surface area contributed by atoms with Crippen LogP contribution in [0, 0.1) is 4.77 Å². The van der Waals surface area contributed by atoms with Gasteiger partial charge in [0, 0.05) is 17.0 Å². The third-order valence-corrected chi connectivity index (χ3v) is 2.93. The summed E-state index contributed by atoms with van der Waals surface area (Å²) >= 11 is 12.0. The summed E-state index contributed by atoms with van der Waals surface area (Å²) in [6.45, 7) is 0. The Morgan fingerprint density at radius 1 is 1.36 bits per heavy atom. The van der Waals surface area contributed by atoms with Crippen molar-refractivity contribution in [3.05, 3.63) is 37.0 Å². The van der Waals surface area contributed by atoms with E-state index in [1.54, 1.807) is 6.07 Å². The third kappa shape index (κ3) is 1.95. The van der Waals surface area contributed by atoms with Crippen molar-refractivity contribution in [3.8, 4) is 11.3 Å². The first-order valence-electron chi connectivity index (χ1n) is 3.73. The Kier molecular flexibility index (Phi) is 2.54. The fourth-order valence-electron chi connectivity index (χ4n) is 1.08. The van der Waals surface area contributed by atoms with E-state index < -0.39 is 0 Å². The van der Waals surface area contributed by atoms with Crippen LogP contribution in [-0.4, -0.2) is 9.97 Å². The molecule has 0 atom stereocenters. The molecule has 0 saturated carbocycles. The number of H-pyrrole nitrogens is 2. The maximum Gasteiger partial charge on any atom is 0.252 e. The van der Waals surface area contributed by atoms with Gasteiger partial charge in [0.15, 0.2) is 4.77 Å². The first-order valence-corrected chi connectivity index (χ1v) is 5.40. The fraction of sp³-hybridized carbons (Fsp3) is 0. The van der Waals surface area contributed by atoms with Crippen molar-refractivity contribution in [1.82, 2.24) is 9.97 Å². The molecule has 0 spiro atoms. The van der Waals surface area contributed by atoms with Gasteiger partial charge >= 0.3 is 0 Å². The monoisotopic (exact) mass is 244 g/mol.